The summed E-state index contributed by atoms with van der Waals surface area (Å²) in [5, 5.41) is 12.1. The van der Waals surface area contributed by atoms with E-state index in [0.29, 0.717) is 18.0 Å². The first-order valence-corrected chi connectivity index (χ1v) is 9.69. The lowest BCUT2D eigenvalue weighted by Gasteiger charge is -2.11. The Balaban J connectivity index is 1.81. The van der Waals surface area contributed by atoms with Gasteiger partial charge in [-0.1, -0.05) is 63.3 Å². The summed E-state index contributed by atoms with van der Waals surface area (Å²) < 4.78 is 5.85. The average Bonchev–Trinajstić information content (AvgIpc) is 2.68. The van der Waals surface area contributed by atoms with Crippen LogP contribution in [-0.2, 0) is 4.79 Å². The number of rotatable bonds is 11. The zero-order valence-corrected chi connectivity index (χ0v) is 16.0. The van der Waals surface area contributed by atoms with Crippen LogP contribution in [0, 0.1) is 0 Å². The van der Waals surface area contributed by atoms with Crippen molar-refractivity contribution in [2.24, 2.45) is 0 Å². The Labute approximate surface area is 161 Å². The third-order valence-corrected chi connectivity index (χ3v) is 4.22. The lowest BCUT2D eigenvalue weighted by molar-refractivity contribution is -0.111. The second kappa shape index (κ2) is 11.8. The molecule has 2 N–H and O–H groups in total. The molecule has 0 aliphatic heterocycles. The Morgan fingerprint density at radius 1 is 1.00 bits per heavy atom. The Morgan fingerprint density at radius 2 is 1.70 bits per heavy atom. The molecule has 27 heavy (non-hydrogen) atoms. The number of unbranched alkanes of at least 4 members (excludes halogenated alkanes) is 5. The predicted octanol–water partition coefficient (Wildman–Crippen LogP) is 5.78. The largest absolute Gasteiger partial charge is 0.508 e. The highest BCUT2D eigenvalue weighted by Gasteiger charge is 2.05. The number of carbonyl (C=O) groups is 1. The summed E-state index contributed by atoms with van der Waals surface area (Å²) >= 11 is 0. The Bertz CT molecular complexity index is 723. The second-order valence-corrected chi connectivity index (χ2v) is 6.53. The first-order chi connectivity index (χ1) is 13.2. The maximum atomic E-state index is 12.2. The van der Waals surface area contributed by atoms with Crippen molar-refractivity contribution in [3.8, 4) is 11.5 Å². The lowest BCUT2D eigenvalue weighted by atomic mass is 10.1. The maximum absolute atomic E-state index is 12.2. The number of hydrogen-bond acceptors (Lipinski definition) is 3. The van der Waals surface area contributed by atoms with E-state index in [0.717, 1.165) is 12.0 Å². The van der Waals surface area contributed by atoms with Crippen LogP contribution in [0.1, 0.15) is 51.0 Å². The topological polar surface area (TPSA) is 58.6 Å². The van der Waals surface area contributed by atoms with Crippen molar-refractivity contribution in [3.05, 3.63) is 60.2 Å². The molecule has 1 amide bonds. The van der Waals surface area contributed by atoms with Gasteiger partial charge < -0.3 is 15.2 Å². The van der Waals surface area contributed by atoms with Crippen LogP contribution in [0.2, 0.25) is 0 Å². The van der Waals surface area contributed by atoms with Crippen molar-refractivity contribution < 1.29 is 14.6 Å². The van der Waals surface area contributed by atoms with Gasteiger partial charge in [-0.15, -0.1) is 0 Å². The van der Waals surface area contributed by atoms with Gasteiger partial charge in [-0.25, -0.2) is 0 Å². The molecule has 2 aromatic rings. The highest BCUT2D eigenvalue weighted by atomic mass is 16.5. The molecule has 0 bridgehead atoms. The summed E-state index contributed by atoms with van der Waals surface area (Å²) in [6, 6.07) is 14.1. The predicted molar refractivity (Wildman–Crippen MR) is 111 cm³/mol. The molecule has 0 aromatic heterocycles. The zero-order chi connectivity index (χ0) is 19.3. The fourth-order valence-electron chi connectivity index (χ4n) is 2.69. The van der Waals surface area contributed by atoms with E-state index >= 15 is 0 Å². The molecule has 0 saturated heterocycles. The van der Waals surface area contributed by atoms with Crippen molar-refractivity contribution in [2.75, 3.05) is 11.9 Å². The molecular weight excluding hydrogens is 338 g/mol. The van der Waals surface area contributed by atoms with Gasteiger partial charge in [0, 0.05) is 6.08 Å². The smallest absolute Gasteiger partial charge is 0.248 e. The molecule has 2 rings (SSSR count). The van der Waals surface area contributed by atoms with E-state index in [-0.39, 0.29) is 11.7 Å². The van der Waals surface area contributed by atoms with Crippen molar-refractivity contribution in [2.45, 2.75) is 45.4 Å². The first-order valence-electron chi connectivity index (χ1n) is 9.69. The Hall–Kier alpha value is -2.75. The minimum absolute atomic E-state index is 0.202. The van der Waals surface area contributed by atoms with Crippen LogP contribution in [0.25, 0.3) is 6.08 Å². The molecule has 2 aromatic carbocycles. The van der Waals surface area contributed by atoms with Crippen molar-refractivity contribution in [3.63, 3.8) is 0 Å². The molecule has 0 aliphatic rings. The van der Waals surface area contributed by atoms with Crippen LogP contribution in [-0.4, -0.2) is 17.6 Å². The van der Waals surface area contributed by atoms with E-state index in [9.17, 15) is 9.90 Å². The summed E-state index contributed by atoms with van der Waals surface area (Å²) in [5.74, 6) is 0.671. The number of para-hydroxylation sites is 2. The molecule has 0 radical (unpaired) electrons. The van der Waals surface area contributed by atoms with E-state index in [2.05, 4.69) is 12.2 Å². The van der Waals surface area contributed by atoms with Crippen molar-refractivity contribution in [1.82, 2.24) is 0 Å². The van der Waals surface area contributed by atoms with E-state index in [1.165, 1.54) is 38.2 Å². The van der Waals surface area contributed by atoms with Crippen LogP contribution in [0.5, 0.6) is 11.5 Å². The SMILES string of the molecule is CCCCCCCCOc1ccccc1NC(=O)C=Cc1ccc(O)cc1. The summed E-state index contributed by atoms with van der Waals surface area (Å²) in [5.41, 5.74) is 1.51. The van der Waals surface area contributed by atoms with Gasteiger partial charge in [-0.2, -0.15) is 0 Å². The first kappa shape index (κ1) is 20.6. The summed E-state index contributed by atoms with van der Waals surface area (Å²) in [6.45, 7) is 2.87. The second-order valence-electron chi connectivity index (χ2n) is 6.53. The quantitative estimate of drug-likeness (QED) is 0.391. The third-order valence-electron chi connectivity index (χ3n) is 4.22. The van der Waals surface area contributed by atoms with E-state index in [4.69, 9.17) is 4.74 Å². The molecule has 0 heterocycles. The number of ether oxygens (including phenoxy) is 1. The van der Waals surface area contributed by atoms with Gasteiger partial charge >= 0.3 is 0 Å². The Morgan fingerprint density at radius 3 is 2.48 bits per heavy atom. The van der Waals surface area contributed by atoms with Gasteiger partial charge in [0.05, 0.1) is 12.3 Å². The highest BCUT2D eigenvalue weighted by Crippen LogP contribution is 2.24. The fourth-order valence-corrected chi connectivity index (χ4v) is 2.69. The van der Waals surface area contributed by atoms with Crippen molar-refractivity contribution in [1.29, 1.82) is 0 Å². The van der Waals surface area contributed by atoms with Gasteiger partial charge in [0.2, 0.25) is 5.91 Å². The molecule has 0 atom stereocenters. The van der Waals surface area contributed by atoms with Crippen LogP contribution in [0.4, 0.5) is 5.69 Å². The van der Waals surface area contributed by atoms with Gasteiger partial charge in [0.15, 0.2) is 0 Å². The number of hydrogen-bond donors (Lipinski definition) is 2. The minimum Gasteiger partial charge on any atom is -0.508 e. The van der Waals surface area contributed by atoms with E-state index in [1.54, 1.807) is 30.3 Å². The Kier molecular flexibility index (Phi) is 8.98. The number of anilines is 1. The molecule has 0 aliphatic carbocycles. The van der Waals surface area contributed by atoms with Gasteiger partial charge in [-0.05, 0) is 42.3 Å². The molecule has 144 valence electrons. The number of phenolic OH excluding ortho intramolecular Hbond substituents is 1. The summed E-state index contributed by atoms with van der Waals surface area (Å²) in [7, 11) is 0. The molecule has 0 unspecified atom stereocenters. The molecular formula is C23H29NO3. The number of benzene rings is 2. The van der Waals surface area contributed by atoms with Crippen LogP contribution in [0.15, 0.2) is 54.6 Å². The molecule has 0 fully saturated rings. The van der Waals surface area contributed by atoms with Gasteiger partial charge in [0.1, 0.15) is 11.5 Å². The van der Waals surface area contributed by atoms with Gasteiger partial charge in [0.25, 0.3) is 0 Å². The van der Waals surface area contributed by atoms with Crippen LogP contribution < -0.4 is 10.1 Å². The molecule has 4 nitrogen and oxygen atoms in total. The average molecular weight is 367 g/mol. The monoisotopic (exact) mass is 367 g/mol. The molecule has 4 heteroatoms. The van der Waals surface area contributed by atoms with Crippen molar-refractivity contribution >= 4 is 17.7 Å². The van der Waals surface area contributed by atoms with E-state index < -0.39 is 0 Å². The number of carbonyl (C=O) groups excluding carboxylic acids is 1. The highest BCUT2D eigenvalue weighted by molar-refractivity contribution is 6.02. The fraction of sp³-hybridized carbons (Fsp3) is 0.348. The lowest BCUT2D eigenvalue weighted by Crippen LogP contribution is -2.09. The number of phenols is 1. The zero-order valence-electron chi connectivity index (χ0n) is 16.0. The van der Waals surface area contributed by atoms with Crippen LogP contribution in [0.3, 0.4) is 0 Å². The molecule has 0 saturated carbocycles. The minimum atomic E-state index is -0.223. The van der Waals surface area contributed by atoms with E-state index in [1.807, 2.05) is 24.3 Å². The normalized spacial score (nSPS) is 10.9. The maximum Gasteiger partial charge on any atom is 0.248 e. The number of aromatic hydroxyl groups is 1. The standard InChI is InChI=1S/C23H29NO3/c1-2-3-4-5-6-9-18-27-22-11-8-7-10-21(22)24-23(26)17-14-19-12-15-20(25)16-13-19/h7-8,10-17,25H,2-6,9,18H2,1H3,(H,24,26). The van der Waals surface area contributed by atoms with Gasteiger partial charge in [-0.3, -0.25) is 4.79 Å². The summed E-state index contributed by atoms with van der Waals surface area (Å²) in [6.07, 6.45) is 10.5. The third kappa shape index (κ3) is 7.99. The summed E-state index contributed by atoms with van der Waals surface area (Å²) in [4.78, 5) is 12.2. The number of nitrogens with one attached hydrogen (secondary N) is 1. The van der Waals surface area contributed by atoms with Crippen LogP contribution >= 0.6 is 0 Å². The molecule has 0 spiro atoms. The number of amides is 1.